The summed E-state index contributed by atoms with van der Waals surface area (Å²) in [6.07, 6.45) is 3.89. The molecule has 0 aromatic carbocycles. The average Bonchev–Trinajstić information content (AvgIpc) is 2.29. The Hall–Kier alpha value is -0.620. The van der Waals surface area contributed by atoms with Crippen molar-refractivity contribution in [1.82, 2.24) is 10.0 Å². The normalized spacial score (nSPS) is 11.4. The maximum Gasteiger partial charge on any atom is 0.220 e. The van der Waals surface area contributed by atoms with Gasteiger partial charge in [-0.2, -0.15) is 0 Å². The van der Waals surface area contributed by atoms with Crippen LogP contribution in [0.3, 0.4) is 0 Å². The van der Waals surface area contributed by atoms with Crippen LogP contribution >= 0.6 is 0 Å². The highest BCUT2D eigenvalue weighted by Gasteiger charge is 2.08. The molecular weight excluding hydrogens is 240 g/mol. The standard InChI is InChI=1S/C11H24N2O3S/c1-3-5-7-11(14)12-8-9-13-17(15,16)10-6-4-2/h13H,3-10H2,1-2H3,(H,12,14). The van der Waals surface area contributed by atoms with Crippen LogP contribution in [-0.4, -0.2) is 33.2 Å². The van der Waals surface area contributed by atoms with E-state index in [0.29, 0.717) is 19.4 Å². The Bertz CT molecular complexity index is 302. The summed E-state index contributed by atoms with van der Waals surface area (Å²) in [5.41, 5.74) is 0. The van der Waals surface area contributed by atoms with Gasteiger partial charge in [-0.3, -0.25) is 4.79 Å². The Morgan fingerprint density at radius 3 is 2.29 bits per heavy atom. The third kappa shape index (κ3) is 10.3. The molecule has 0 aliphatic rings. The van der Waals surface area contributed by atoms with E-state index >= 15 is 0 Å². The van der Waals surface area contributed by atoms with Gasteiger partial charge in [0.15, 0.2) is 0 Å². The van der Waals surface area contributed by atoms with Crippen molar-refractivity contribution in [1.29, 1.82) is 0 Å². The van der Waals surface area contributed by atoms with Crippen molar-refractivity contribution < 1.29 is 13.2 Å². The zero-order chi connectivity index (χ0) is 13.1. The highest BCUT2D eigenvalue weighted by Crippen LogP contribution is 1.93. The monoisotopic (exact) mass is 264 g/mol. The van der Waals surface area contributed by atoms with E-state index in [-0.39, 0.29) is 18.2 Å². The Morgan fingerprint density at radius 1 is 1.06 bits per heavy atom. The first kappa shape index (κ1) is 16.4. The lowest BCUT2D eigenvalue weighted by molar-refractivity contribution is -0.121. The van der Waals surface area contributed by atoms with Gasteiger partial charge in [0, 0.05) is 19.5 Å². The van der Waals surface area contributed by atoms with Gasteiger partial charge in [0.05, 0.1) is 5.75 Å². The molecule has 0 aliphatic heterocycles. The lowest BCUT2D eigenvalue weighted by Gasteiger charge is -2.07. The van der Waals surface area contributed by atoms with E-state index in [1.165, 1.54) is 0 Å². The lowest BCUT2D eigenvalue weighted by atomic mass is 10.2. The molecule has 102 valence electrons. The van der Waals surface area contributed by atoms with Gasteiger partial charge in [-0.15, -0.1) is 0 Å². The molecule has 0 unspecified atom stereocenters. The van der Waals surface area contributed by atoms with Crippen LogP contribution in [-0.2, 0) is 14.8 Å². The first-order chi connectivity index (χ1) is 8.02. The van der Waals surface area contributed by atoms with Gasteiger partial charge in [-0.05, 0) is 12.8 Å². The van der Waals surface area contributed by atoms with Gasteiger partial charge in [0.1, 0.15) is 0 Å². The molecule has 0 saturated heterocycles. The van der Waals surface area contributed by atoms with Gasteiger partial charge < -0.3 is 5.32 Å². The molecular formula is C11H24N2O3S. The summed E-state index contributed by atoms with van der Waals surface area (Å²) in [6.45, 7) is 4.59. The number of hydrogen-bond acceptors (Lipinski definition) is 3. The molecule has 0 aliphatic carbocycles. The minimum Gasteiger partial charge on any atom is -0.355 e. The van der Waals surface area contributed by atoms with E-state index in [1.54, 1.807) is 0 Å². The van der Waals surface area contributed by atoms with Crippen molar-refractivity contribution in [3.8, 4) is 0 Å². The Balaban J connectivity index is 3.59. The van der Waals surface area contributed by atoms with Crippen LogP contribution < -0.4 is 10.0 Å². The fourth-order valence-electron chi connectivity index (χ4n) is 1.24. The zero-order valence-corrected chi connectivity index (χ0v) is 11.6. The van der Waals surface area contributed by atoms with E-state index in [9.17, 15) is 13.2 Å². The van der Waals surface area contributed by atoms with Crippen molar-refractivity contribution in [2.75, 3.05) is 18.8 Å². The number of sulfonamides is 1. The molecule has 0 aromatic heterocycles. The number of unbranched alkanes of at least 4 members (excludes halogenated alkanes) is 2. The molecule has 0 saturated carbocycles. The van der Waals surface area contributed by atoms with Crippen LogP contribution in [0.2, 0.25) is 0 Å². The molecule has 2 N–H and O–H groups in total. The van der Waals surface area contributed by atoms with Crippen LogP contribution in [0.25, 0.3) is 0 Å². The molecule has 0 aromatic rings. The molecule has 0 spiro atoms. The second kappa shape index (κ2) is 9.41. The van der Waals surface area contributed by atoms with Gasteiger partial charge in [-0.25, -0.2) is 13.1 Å². The molecule has 6 heteroatoms. The first-order valence-corrected chi connectivity index (χ1v) is 7.91. The average molecular weight is 264 g/mol. The maximum absolute atomic E-state index is 11.4. The highest BCUT2D eigenvalue weighted by atomic mass is 32.2. The van der Waals surface area contributed by atoms with Crippen molar-refractivity contribution in [2.24, 2.45) is 0 Å². The van der Waals surface area contributed by atoms with Gasteiger partial charge in [0.25, 0.3) is 0 Å². The number of rotatable bonds is 10. The van der Waals surface area contributed by atoms with Gasteiger partial charge in [0.2, 0.25) is 15.9 Å². The highest BCUT2D eigenvalue weighted by molar-refractivity contribution is 7.89. The molecule has 0 fully saturated rings. The topological polar surface area (TPSA) is 75.3 Å². The van der Waals surface area contributed by atoms with E-state index in [2.05, 4.69) is 10.0 Å². The lowest BCUT2D eigenvalue weighted by Crippen LogP contribution is -2.35. The van der Waals surface area contributed by atoms with E-state index in [4.69, 9.17) is 0 Å². The fraction of sp³-hybridized carbons (Fsp3) is 0.909. The molecule has 5 nitrogen and oxygen atoms in total. The van der Waals surface area contributed by atoms with Crippen LogP contribution in [0.1, 0.15) is 46.0 Å². The van der Waals surface area contributed by atoms with Crippen molar-refractivity contribution in [3.63, 3.8) is 0 Å². The summed E-state index contributed by atoms with van der Waals surface area (Å²) in [5.74, 6) is 0.146. The summed E-state index contributed by atoms with van der Waals surface area (Å²) in [6, 6.07) is 0. The minimum atomic E-state index is -3.16. The van der Waals surface area contributed by atoms with Crippen LogP contribution in [0, 0.1) is 0 Å². The molecule has 0 rings (SSSR count). The van der Waals surface area contributed by atoms with E-state index < -0.39 is 10.0 Å². The number of carbonyl (C=O) groups excluding carboxylic acids is 1. The van der Waals surface area contributed by atoms with Crippen LogP contribution in [0.4, 0.5) is 0 Å². The zero-order valence-electron chi connectivity index (χ0n) is 10.8. The van der Waals surface area contributed by atoms with Crippen molar-refractivity contribution >= 4 is 15.9 Å². The maximum atomic E-state index is 11.4. The number of carbonyl (C=O) groups is 1. The predicted molar refractivity (Wildman–Crippen MR) is 69.2 cm³/mol. The summed E-state index contributed by atoms with van der Waals surface area (Å²) < 4.78 is 25.2. The van der Waals surface area contributed by atoms with Gasteiger partial charge >= 0.3 is 0 Å². The molecule has 1 amide bonds. The van der Waals surface area contributed by atoms with E-state index in [1.807, 2.05) is 13.8 Å². The third-order valence-electron chi connectivity index (χ3n) is 2.29. The second-order valence-corrected chi connectivity index (χ2v) is 5.95. The summed E-state index contributed by atoms with van der Waals surface area (Å²) >= 11 is 0. The third-order valence-corrected chi connectivity index (χ3v) is 3.76. The number of amides is 1. The summed E-state index contributed by atoms with van der Waals surface area (Å²) in [7, 11) is -3.16. The van der Waals surface area contributed by atoms with Crippen molar-refractivity contribution in [3.05, 3.63) is 0 Å². The van der Waals surface area contributed by atoms with Crippen LogP contribution in [0.5, 0.6) is 0 Å². The van der Waals surface area contributed by atoms with E-state index in [0.717, 1.165) is 19.3 Å². The summed E-state index contributed by atoms with van der Waals surface area (Å²) in [5, 5.41) is 2.68. The van der Waals surface area contributed by atoms with Crippen molar-refractivity contribution in [2.45, 2.75) is 46.0 Å². The van der Waals surface area contributed by atoms with Gasteiger partial charge in [-0.1, -0.05) is 26.7 Å². The first-order valence-electron chi connectivity index (χ1n) is 6.26. The van der Waals surface area contributed by atoms with Crippen LogP contribution in [0.15, 0.2) is 0 Å². The quantitative estimate of drug-likeness (QED) is 0.578. The fourth-order valence-corrected chi connectivity index (χ4v) is 2.47. The number of hydrogen-bond donors (Lipinski definition) is 2. The number of nitrogens with one attached hydrogen (secondary N) is 2. The molecule has 0 heterocycles. The Kier molecular flexibility index (Phi) is 9.07. The Morgan fingerprint density at radius 2 is 1.71 bits per heavy atom. The Labute approximate surface area is 104 Å². The molecule has 0 atom stereocenters. The smallest absolute Gasteiger partial charge is 0.220 e. The SMILES string of the molecule is CCCCC(=O)NCCNS(=O)(=O)CCCC. The second-order valence-electron chi connectivity index (χ2n) is 4.02. The molecule has 0 radical (unpaired) electrons. The summed E-state index contributed by atoms with van der Waals surface area (Å²) in [4.78, 5) is 11.2. The largest absolute Gasteiger partial charge is 0.355 e. The molecule has 17 heavy (non-hydrogen) atoms. The predicted octanol–water partition coefficient (Wildman–Crippen LogP) is 1.01. The minimum absolute atomic E-state index is 0.0143. The molecule has 0 bridgehead atoms.